The molecular formula is C22H24N4O4. The average Bonchev–Trinajstić information content (AvgIpc) is 2.69. The monoisotopic (exact) mass is 408 g/mol. The van der Waals surface area contributed by atoms with E-state index < -0.39 is 17.2 Å². The highest BCUT2D eigenvalue weighted by molar-refractivity contribution is 5.96. The standard InChI is InChI=1S/C22H24N4O4/c1-14-9-15(2)11-17(10-14)30-13-18(27)25(3)19-20(23)26(22(29)24-21(19)28)12-16-7-5-4-6-8-16/h4-11H,12-13,23H2,1-3H3,(H,24,28,29). The SMILES string of the molecule is Cc1cc(C)cc(OCC(=O)N(C)c2c(N)n(Cc3ccccc3)c(=O)[nH]c2=O)c1. The van der Waals surface area contributed by atoms with Gasteiger partial charge in [0.25, 0.3) is 11.5 Å². The molecule has 2 aromatic carbocycles. The third kappa shape index (κ3) is 4.60. The van der Waals surface area contributed by atoms with Crippen LogP contribution in [-0.4, -0.2) is 29.1 Å². The lowest BCUT2D eigenvalue weighted by Crippen LogP contribution is -2.41. The number of H-pyrrole nitrogens is 1. The van der Waals surface area contributed by atoms with E-state index in [4.69, 9.17) is 10.5 Å². The van der Waals surface area contributed by atoms with Crippen LogP contribution in [0.1, 0.15) is 16.7 Å². The van der Waals surface area contributed by atoms with Gasteiger partial charge in [-0.1, -0.05) is 36.4 Å². The van der Waals surface area contributed by atoms with Crippen LogP contribution >= 0.6 is 0 Å². The Kier molecular flexibility index (Phi) is 6.06. The maximum Gasteiger partial charge on any atom is 0.330 e. The van der Waals surface area contributed by atoms with Gasteiger partial charge in [-0.05, 0) is 42.7 Å². The number of ether oxygens (including phenoxy) is 1. The Morgan fingerprint density at radius 3 is 2.37 bits per heavy atom. The van der Waals surface area contributed by atoms with Crippen molar-refractivity contribution < 1.29 is 9.53 Å². The van der Waals surface area contributed by atoms with Gasteiger partial charge >= 0.3 is 5.69 Å². The van der Waals surface area contributed by atoms with Gasteiger partial charge in [-0.2, -0.15) is 0 Å². The molecule has 3 N–H and O–H groups in total. The minimum atomic E-state index is -0.732. The van der Waals surface area contributed by atoms with Gasteiger partial charge in [0.05, 0.1) is 6.54 Å². The largest absolute Gasteiger partial charge is 0.484 e. The molecular weight excluding hydrogens is 384 g/mol. The minimum Gasteiger partial charge on any atom is -0.484 e. The fourth-order valence-electron chi connectivity index (χ4n) is 3.21. The number of carbonyl (C=O) groups is 1. The van der Waals surface area contributed by atoms with E-state index in [0.717, 1.165) is 21.6 Å². The summed E-state index contributed by atoms with van der Waals surface area (Å²) >= 11 is 0. The van der Waals surface area contributed by atoms with Crippen LogP contribution in [0.5, 0.6) is 5.75 Å². The zero-order chi connectivity index (χ0) is 21.8. The number of aryl methyl sites for hydroxylation is 2. The third-order valence-corrected chi connectivity index (χ3v) is 4.66. The molecule has 0 unspecified atom stereocenters. The summed E-state index contributed by atoms with van der Waals surface area (Å²) in [6.07, 6.45) is 0. The van der Waals surface area contributed by atoms with Crippen LogP contribution in [0.3, 0.4) is 0 Å². The lowest BCUT2D eigenvalue weighted by molar-refractivity contribution is -0.120. The van der Waals surface area contributed by atoms with E-state index in [0.29, 0.717) is 5.75 Å². The molecule has 8 heteroatoms. The molecule has 0 aliphatic rings. The number of aromatic nitrogens is 2. The molecule has 1 amide bonds. The summed E-state index contributed by atoms with van der Waals surface area (Å²) in [6.45, 7) is 3.75. The van der Waals surface area contributed by atoms with Gasteiger partial charge < -0.3 is 15.4 Å². The van der Waals surface area contributed by atoms with Gasteiger partial charge in [-0.15, -0.1) is 0 Å². The molecule has 3 rings (SSSR count). The van der Waals surface area contributed by atoms with Crippen molar-refractivity contribution in [2.45, 2.75) is 20.4 Å². The molecule has 0 radical (unpaired) electrons. The Labute approximate surface area is 173 Å². The normalized spacial score (nSPS) is 10.6. The maximum atomic E-state index is 12.7. The number of carbonyl (C=O) groups excluding carboxylic acids is 1. The van der Waals surface area contributed by atoms with Gasteiger partial charge in [0.1, 0.15) is 11.6 Å². The van der Waals surface area contributed by atoms with Crippen molar-refractivity contribution in [2.75, 3.05) is 24.3 Å². The van der Waals surface area contributed by atoms with Gasteiger partial charge in [0, 0.05) is 7.05 Å². The van der Waals surface area contributed by atoms with Crippen molar-refractivity contribution in [1.29, 1.82) is 0 Å². The fourth-order valence-corrected chi connectivity index (χ4v) is 3.21. The second-order valence-corrected chi connectivity index (χ2v) is 7.13. The van der Waals surface area contributed by atoms with Crippen LogP contribution in [0.15, 0.2) is 58.1 Å². The molecule has 0 fully saturated rings. The molecule has 0 spiro atoms. The molecule has 0 aliphatic heterocycles. The van der Waals surface area contributed by atoms with E-state index in [1.807, 2.05) is 62.4 Å². The number of nitrogens with two attached hydrogens (primary N) is 1. The summed E-state index contributed by atoms with van der Waals surface area (Å²) in [4.78, 5) is 40.7. The molecule has 0 saturated carbocycles. The molecule has 1 aromatic heterocycles. The van der Waals surface area contributed by atoms with Crippen molar-refractivity contribution in [3.8, 4) is 5.75 Å². The predicted octanol–water partition coefficient (Wildman–Crippen LogP) is 1.83. The predicted molar refractivity (Wildman–Crippen MR) is 116 cm³/mol. The highest BCUT2D eigenvalue weighted by Gasteiger charge is 2.21. The number of nitrogens with one attached hydrogen (secondary N) is 1. The highest BCUT2D eigenvalue weighted by atomic mass is 16.5. The average molecular weight is 408 g/mol. The number of nitrogens with zero attached hydrogens (tertiary/aromatic N) is 2. The number of anilines is 2. The molecule has 0 saturated heterocycles. The molecule has 3 aromatic rings. The van der Waals surface area contributed by atoms with Crippen LogP contribution in [0, 0.1) is 13.8 Å². The quantitative estimate of drug-likeness (QED) is 0.646. The van der Waals surface area contributed by atoms with Crippen LogP contribution in [0.25, 0.3) is 0 Å². The van der Waals surface area contributed by atoms with Gasteiger partial charge in [-0.25, -0.2) is 4.79 Å². The highest BCUT2D eigenvalue weighted by Crippen LogP contribution is 2.18. The molecule has 1 heterocycles. The number of rotatable bonds is 6. The number of benzene rings is 2. The number of hydrogen-bond donors (Lipinski definition) is 2. The van der Waals surface area contributed by atoms with Crippen molar-refractivity contribution >= 4 is 17.4 Å². The van der Waals surface area contributed by atoms with Crippen molar-refractivity contribution in [2.24, 2.45) is 0 Å². The Morgan fingerprint density at radius 2 is 1.73 bits per heavy atom. The molecule has 156 valence electrons. The summed E-state index contributed by atoms with van der Waals surface area (Å²) in [5, 5.41) is 0. The smallest absolute Gasteiger partial charge is 0.330 e. The summed E-state index contributed by atoms with van der Waals surface area (Å²) in [5.74, 6) is -0.00342. The van der Waals surface area contributed by atoms with Gasteiger partial charge in [0.15, 0.2) is 12.3 Å². The molecule has 0 atom stereocenters. The van der Waals surface area contributed by atoms with E-state index in [1.165, 1.54) is 11.6 Å². The Hall–Kier alpha value is -3.81. The van der Waals surface area contributed by atoms with Crippen molar-refractivity contribution in [1.82, 2.24) is 9.55 Å². The molecule has 0 aliphatic carbocycles. The first kappa shape index (κ1) is 20.9. The molecule has 8 nitrogen and oxygen atoms in total. The number of hydrogen-bond acceptors (Lipinski definition) is 5. The number of amides is 1. The first-order chi connectivity index (χ1) is 14.3. The molecule has 0 bridgehead atoms. The first-order valence-electron chi connectivity index (χ1n) is 9.40. The van der Waals surface area contributed by atoms with E-state index >= 15 is 0 Å². The topological polar surface area (TPSA) is 110 Å². The van der Waals surface area contributed by atoms with Crippen LogP contribution in [0.4, 0.5) is 11.5 Å². The van der Waals surface area contributed by atoms with E-state index in [9.17, 15) is 14.4 Å². The Balaban J connectivity index is 1.84. The maximum absolute atomic E-state index is 12.7. The van der Waals surface area contributed by atoms with Crippen LogP contribution in [0.2, 0.25) is 0 Å². The van der Waals surface area contributed by atoms with Crippen molar-refractivity contribution in [3.63, 3.8) is 0 Å². The van der Waals surface area contributed by atoms with Crippen LogP contribution < -0.4 is 26.6 Å². The Morgan fingerprint density at radius 1 is 1.10 bits per heavy atom. The molecule has 30 heavy (non-hydrogen) atoms. The zero-order valence-corrected chi connectivity index (χ0v) is 17.1. The number of aromatic amines is 1. The lowest BCUT2D eigenvalue weighted by atomic mass is 10.1. The van der Waals surface area contributed by atoms with E-state index in [1.54, 1.807) is 0 Å². The van der Waals surface area contributed by atoms with Crippen LogP contribution in [-0.2, 0) is 11.3 Å². The van der Waals surface area contributed by atoms with E-state index in [-0.39, 0.29) is 24.7 Å². The summed E-state index contributed by atoms with van der Waals surface area (Å²) < 4.78 is 6.81. The van der Waals surface area contributed by atoms with Gasteiger partial charge in [-0.3, -0.25) is 19.1 Å². The van der Waals surface area contributed by atoms with E-state index in [2.05, 4.69) is 4.98 Å². The first-order valence-corrected chi connectivity index (χ1v) is 9.40. The third-order valence-electron chi connectivity index (χ3n) is 4.66. The summed E-state index contributed by atoms with van der Waals surface area (Å²) in [6, 6.07) is 14.8. The zero-order valence-electron chi connectivity index (χ0n) is 17.1. The Bertz CT molecular complexity index is 1160. The second kappa shape index (κ2) is 8.69. The lowest BCUT2D eigenvalue weighted by Gasteiger charge is -2.20. The van der Waals surface area contributed by atoms with Crippen molar-refractivity contribution in [3.05, 3.63) is 86.1 Å². The fraction of sp³-hybridized carbons (Fsp3) is 0.227. The number of likely N-dealkylation sites (N-methyl/N-ethyl adjacent to an activating group) is 1. The summed E-state index contributed by atoms with van der Waals surface area (Å²) in [5.41, 5.74) is 7.51. The summed E-state index contributed by atoms with van der Waals surface area (Å²) in [7, 11) is 1.42. The van der Waals surface area contributed by atoms with Gasteiger partial charge in [0.2, 0.25) is 0 Å². The second-order valence-electron chi connectivity index (χ2n) is 7.13. The number of nitrogen functional groups attached to an aromatic ring is 1. The minimum absolute atomic E-state index is 0.0881.